The van der Waals surface area contributed by atoms with Crippen molar-refractivity contribution in [2.45, 2.75) is 43.4 Å². The third-order valence-corrected chi connectivity index (χ3v) is 6.70. The summed E-state index contributed by atoms with van der Waals surface area (Å²) in [5, 5.41) is 3.45. The fraction of sp³-hybridized carbons (Fsp3) is 0.300. The molecular formula is C20H21ClN2O2S2. The van der Waals surface area contributed by atoms with Crippen LogP contribution in [0.25, 0.3) is 10.2 Å². The number of hydrogen-bond acceptors (Lipinski definition) is 4. The zero-order valence-electron chi connectivity index (χ0n) is 15.4. The molecule has 1 atom stereocenters. The van der Waals surface area contributed by atoms with E-state index in [1.807, 2.05) is 63.2 Å². The molecule has 2 aromatic carbocycles. The van der Waals surface area contributed by atoms with Crippen LogP contribution in [-0.4, -0.2) is 15.7 Å². The summed E-state index contributed by atoms with van der Waals surface area (Å²) in [7, 11) is 0. The van der Waals surface area contributed by atoms with Gasteiger partial charge < -0.3 is 5.32 Å². The molecule has 142 valence electrons. The van der Waals surface area contributed by atoms with Crippen LogP contribution in [0.2, 0.25) is 5.02 Å². The Morgan fingerprint density at radius 2 is 1.93 bits per heavy atom. The Bertz CT molecular complexity index is 1010. The number of halogens is 1. The summed E-state index contributed by atoms with van der Waals surface area (Å²) >= 11 is 8.64. The molecule has 1 aromatic heterocycles. The Labute approximate surface area is 171 Å². The predicted molar refractivity (Wildman–Crippen MR) is 116 cm³/mol. The molecule has 0 spiro atoms. The van der Waals surface area contributed by atoms with Gasteiger partial charge in [-0.25, -0.2) is 0 Å². The molecule has 0 aliphatic rings. The monoisotopic (exact) mass is 420 g/mol. The molecule has 3 rings (SSSR count). The Morgan fingerprint density at radius 3 is 2.56 bits per heavy atom. The molecule has 0 radical (unpaired) electrons. The van der Waals surface area contributed by atoms with Crippen molar-refractivity contribution in [2.75, 3.05) is 5.32 Å². The quantitative estimate of drug-likeness (QED) is 0.512. The Morgan fingerprint density at radius 1 is 1.22 bits per heavy atom. The lowest BCUT2D eigenvalue weighted by molar-refractivity contribution is -0.115. The van der Waals surface area contributed by atoms with Crippen molar-refractivity contribution in [3.05, 3.63) is 57.2 Å². The maximum Gasteiger partial charge on any atom is 0.308 e. The zero-order chi connectivity index (χ0) is 19.6. The number of benzene rings is 2. The van der Waals surface area contributed by atoms with Crippen molar-refractivity contribution in [3.8, 4) is 0 Å². The predicted octanol–water partition coefficient (Wildman–Crippen LogP) is 5.81. The number of thioether (sulfide) groups is 1. The molecule has 0 saturated carbocycles. The second kappa shape index (κ2) is 8.50. The minimum atomic E-state index is -0.208. The SMILES string of the molecule is CCC(Sc1ccc(Cl)cc1)C(=O)Nc1ccc2c(c1)sc(=O)n2C(C)C. The smallest absolute Gasteiger partial charge is 0.308 e. The molecule has 4 nitrogen and oxygen atoms in total. The summed E-state index contributed by atoms with van der Waals surface area (Å²) in [5.74, 6) is -0.0487. The van der Waals surface area contributed by atoms with Crippen LogP contribution >= 0.6 is 34.7 Å². The zero-order valence-corrected chi connectivity index (χ0v) is 17.8. The molecule has 0 bridgehead atoms. The molecule has 1 unspecified atom stereocenters. The molecule has 7 heteroatoms. The number of nitrogens with one attached hydrogen (secondary N) is 1. The maximum atomic E-state index is 12.7. The molecule has 27 heavy (non-hydrogen) atoms. The first kappa shape index (κ1) is 20.0. The summed E-state index contributed by atoms with van der Waals surface area (Å²) in [5.41, 5.74) is 1.61. The third kappa shape index (κ3) is 4.57. The lowest BCUT2D eigenvalue weighted by Gasteiger charge is -2.15. The van der Waals surface area contributed by atoms with E-state index in [1.165, 1.54) is 23.1 Å². The van der Waals surface area contributed by atoms with Gasteiger partial charge in [-0.3, -0.25) is 14.2 Å². The van der Waals surface area contributed by atoms with Crippen LogP contribution in [0.15, 0.2) is 52.2 Å². The Kier molecular flexibility index (Phi) is 6.29. The highest BCUT2D eigenvalue weighted by atomic mass is 35.5. The van der Waals surface area contributed by atoms with E-state index in [-0.39, 0.29) is 22.1 Å². The van der Waals surface area contributed by atoms with Gasteiger partial charge in [0, 0.05) is 21.6 Å². The number of amides is 1. The van der Waals surface area contributed by atoms with E-state index in [0.717, 1.165) is 15.1 Å². The van der Waals surface area contributed by atoms with Crippen LogP contribution in [0.1, 0.15) is 33.2 Å². The van der Waals surface area contributed by atoms with E-state index in [2.05, 4.69) is 5.32 Å². The van der Waals surface area contributed by atoms with Crippen molar-refractivity contribution in [1.82, 2.24) is 4.57 Å². The van der Waals surface area contributed by atoms with Gasteiger partial charge in [0.1, 0.15) is 0 Å². The Balaban J connectivity index is 1.77. The van der Waals surface area contributed by atoms with Crippen molar-refractivity contribution in [1.29, 1.82) is 0 Å². The van der Waals surface area contributed by atoms with E-state index in [9.17, 15) is 9.59 Å². The van der Waals surface area contributed by atoms with Gasteiger partial charge in [0.05, 0.1) is 15.5 Å². The number of rotatable bonds is 6. The number of aromatic nitrogens is 1. The largest absolute Gasteiger partial charge is 0.325 e. The van der Waals surface area contributed by atoms with Gasteiger partial charge in [-0.05, 0) is 62.7 Å². The number of carbonyl (C=O) groups is 1. The summed E-state index contributed by atoms with van der Waals surface area (Å²) in [4.78, 5) is 25.9. The van der Waals surface area contributed by atoms with Crippen molar-refractivity contribution in [2.24, 2.45) is 0 Å². The van der Waals surface area contributed by atoms with E-state index in [0.29, 0.717) is 17.1 Å². The number of nitrogens with zero attached hydrogens (tertiary/aromatic N) is 1. The van der Waals surface area contributed by atoms with Crippen molar-refractivity contribution in [3.63, 3.8) is 0 Å². The van der Waals surface area contributed by atoms with Crippen LogP contribution in [0.5, 0.6) is 0 Å². The topological polar surface area (TPSA) is 51.1 Å². The highest BCUT2D eigenvalue weighted by Crippen LogP contribution is 2.29. The first-order valence-corrected chi connectivity index (χ1v) is 10.8. The molecule has 1 N–H and O–H groups in total. The third-order valence-electron chi connectivity index (χ3n) is 4.15. The van der Waals surface area contributed by atoms with Crippen LogP contribution in [0, 0.1) is 0 Å². The van der Waals surface area contributed by atoms with E-state index in [1.54, 1.807) is 4.57 Å². The van der Waals surface area contributed by atoms with E-state index < -0.39 is 0 Å². The lowest BCUT2D eigenvalue weighted by Crippen LogP contribution is -2.24. The standard InChI is InChI=1S/C20H21ClN2O2S2/c1-4-17(26-15-8-5-13(21)6-9-15)19(24)22-14-7-10-16-18(11-14)27-20(25)23(16)12(2)3/h5-12,17H,4H2,1-3H3,(H,22,24). The molecule has 0 aliphatic heterocycles. The summed E-state index contributed by atoms with van der Waals surface area (Å²) in [6.45, 7) is 5.97. The molecule has 0 saturated heterocycles. The first-order valence-electron chi connectivity index (χ1n) is 8.77. The molecular weight excluding hydrogens is 400 g/mol. The average molecular weight is 421 g/mol. The van der Waals surface area contributed by atoms with Crippen LogP contribution in [0.4, 0.5) is 5.69 Å². The minimum absolute atomic E-state index is 0.0215. The van der Waals surface area contributed by atoms with Gasteiger partial charge in [-0.1, -0.05) is 29.9 Å². The highest BCUT2D eigenvalue weighted by molar-refractivity contribution is 8.00. The first-order chi connectivity index (χ1) is 12.9. The molecule has 1 amide bonds. The van der Waals surface area contributed by atoms with Crippen LogP contribution < -0.4 is 10.2 Å². The number of hydrogen-bond donors (Lipinski definition) is 1. The minimum Gasteiger partial charge on any atom is -0.325 e. The Hall–Kier alpha value is -1.76. The summed E-state index contributed by atoms with van der Waals surface area (Å²) in [6, 6.07) is 13.2. The van der Waals surface area contributed by atoms with Gasteiger partial charge in [0.15, 0.2) is 0 Å². The van der Waals surface area contributed by atoms with Crippen molar-refractivity contribution >= 4 is 56.5 Å². The number of carbonyl (C=O) groups excluding carboxylic acids is 1. The normalized spacial score (nSPS) is 12.5. The van der Waals surface area contributed by atoms with Gasteiger partial charge >= 0.3 is 4.87 Å². The lowest BCUT2D eigenvalue weighted by atomic mass is 10.2. The summed E-state index contributed by atoms with van der Waals surface area (Å²) in [6.07, 6.45) is 0.707. The van der Waals surface area contributed by atoms with Gasteiger partial charge in [-0.15, -0.1) is 11.8 Å². The van der Waals surface area contributed by atoms with E-state index >= 15 is 0 Å². The maximum absolute atomic E-state index is 12.7. The fourth-order valence-corrected chi connectivity index (χ4v) is 4.96. The molecule has 0 aliphatic carbocycles. The summed E-state index contributed by atoms with van der Waals surface area (Å²) < 4.78 is 2.65. The molecule has 3 aromatic rings. The molecule has 1 heterocycles. The van der Waals surface area contributed by atoms with Crippen molar-refractivity contribution < 1.29 is 4.79 Å². The van der Waals surface area contributed by atoms with Gasteiger partial charge in [-0.2, -0.15) is 0 Å². The average Bonchev–Trinajstić information content (AvgIpc) is 2.96. The van der Waals surface area contributed by atoms with Gasteiger partial charge in [0.2, 0.25) is 5.91 Å². The number of thiazole rings is 1. The van der Waals surface area contributed by atoms with Crippen LogP contribution in [0.3, 0.4) is 0 Å². The second-order valence-electron chi connectivity index (χ2n) is 6.47. The van der Waals surface area contributed by atoms with Crippen LogP contribution in [-0.2, 0) is 4.79 Å². The number of anilines is 1. The van der Waals surface area contributed by atoms with E-state index in [4.69, 9.17) is 11.6 Å². The highest BCUT2D eigenvalue weighted by Gasteiger charge is 2.19. The van der Waals surface area contributed by atoms with Gasteiger partial charge in [0.25, 0.3) is 0 Å². The fourth-order valence-electron chi connectivity index (χ4n) is 2.83. The molecule has 0 fully saturated rings. The number of fused-ring (bicyclic) bond motifs is 1. The second-order valence-corrected chi connectivity index (χ2v) is 9.18.